The summed E-state index contributed by atoms with van der Waals surface area (Å²) in [5, 5.41) is 6.92. The highest BCUT2D eigenvalue weighted by Crippen LogP contribution is 2.42. The van der Waals surface area contributed by atoms with Gasteiger partial charge >= 0.3 is 0 Å². The standard InChI is InChI=1S/C14H23N3O2S/c1-5-8-16-13(18)12-10(15)11(19-4)14(20-12)17-9(6-2)7-3/h5,9,17H,1,6-8,15H2,2-4H3,(H,16,18). The Labute approximate surface area is 124 Å². The van der Waals surface area contributed by atoms with Crippen molar-refractivity contribution in [1.29, 1.82) is 0 Å². The lowest BCUT2D eigenvalue weighted by Crippen LogP contribution is -2.23. The summed E-state index contributed by atoms with van der Waals surface area (Å²) >= 11 is 1.32. The average Bonchev–Trinajstić information content (AvgIpc) is 2.77. The number of nitrogen functional groups attached to an aromatic ring is 1. The van der Waals surface area contributed by atoms with E-state index in [1.165, 1.54) is 11.3 Å². The summed E-state index contributed by atoms with van der Waals surface area (Å²) in [6.45, 7) is 8.21. The quantitative estimate of drug-likeness (QED) is 0.645. The highest BCUT2D eigenvalue weighted by Gasteiger charge is 2.22. The third-order valence-corrected chi connectivity index (χ3v) is 4.15. The molecule has 0 aliphatic rings. The number of anilines is 2. The predicted molar refractivity (Wildman–Crippen MR) is 85.8 cm³/mol. The van der Waals surface area contributed by atoms with E-state index >= 15 is 0 Å². The van der Waals surface area contributed by atoms with E-state index in [9.17, 15) is 4.79 Å². The van der Waals surface area contributed by atoms with E-state index < -0.39 is 0 Å². The molecule has 4 N–H and O–H groups in total. The lowest BCUT2D eigenvalue weighted by atomic mass is 10.2. The van der Waals surface area contributed by atoms with Crippen molar-refractivity contribution in [3.8, 4) is 5.75 Å². The molecule has 0 saturated carbocycles. The Bertz CT molecular complexity index is 467. The van der Waals surface area contributed by atoms with Gasteiger partial charge in [-0.3, -0.25) is 4.79 Å². The van der Waals surface area contributed by atoms with Crippen LogP contribution in [0.4, 0.5) is 10.7 Å². The fraction of sp³-hybridized carbons (Fsp3) is 0.500. The summed E-state index contributed by atoms with van der Waals surface area (Å²) in [5.74, 6) is 0.342. The molecule has 1 rings (SSSR count). The Morgan fingerprint density at radius 3 is 2.65 bits per heavy atom. The lowest BCUT2D eigenvalue weighted by molar-refractivity contribution is 0.0962. The monoisotopic (exact) mass is 297 g/mol. The van der Waals surface area contributed by atoms with Gasteiger partial charge in [0.1, 0.15) is 15.6 Å². The first-order valence-corrected chi connectivity index (χ1v) is 7.52. The van der Waals surface area contributed by atoms with Gasteiger partial charge in [0.25, 0.3) is 5.91 Å². The van der Waals surface area contributed by atoms with E-state index in [0.29, 0.717) is 28.9 Å². The molecule has 112 valence electrons. The van der Waals surface area contributed by atoms with Gasteiger partial charge in [0.05, 0.1) is 7.11 Å². The van der Waals surface area contributed by atoms with Gasteiger partial charge < -0.3 is 21.1 Å². The van der Waals surface area contributed by atoms with Gasteiger partial charge in [0.15, 0.2) is 5.75 Å². The molecule has 0 atom stereocenters. The van der Waals surface area contributed by atoms with Crippen molar-refractivity contribution in [2.24, 2.45) is 0 Å². The van der Waals surface area contributed by atoms with Crippen molar-refractivity contribution in [3.05, 3.63) is 17.5 Å². The summed E-state index contributed by atoms with van der Waals surface area (Å²) in [6, 6.07) is 0.339. The number of ether oxygens (including phenoxy) is 1. The van der Waals surface area contributed by atoms with E-state index in [0.717, 1.165) is 17.8 Å². The molecule has 1 heterocycles. The van der Waals surface area contributed by atoms with Crippen LogP contribution in [-0.2, 0) is 0 Å². The zero-order chi connectivity index (χ0) is 15.1. The van der Waals surface area contributed by atoms with Crippen LogP contribution >= 0.6 is 11.3 Å². The topological polar surface area (TPSA) is 76.4 Å². The molecule has 0 unspecified atom stereocenters. The number of carbonyl (C=O) groups excluding carboxylic acids is 1. The van der Waals surface area contributed by atoms with Crippen molar-refractivity contribution >= 4 is 27.9 Å². The number of hydrogen-bond donors (Lipinski definition) is 3. The second kappa shape index (κ2) is 7.79. The molecule has 0 aliphatic heterocycles. The minimum atomic E-state index is -0.205. The van der Waals surface area contributed by atoms with Gasteiger partial charge in [0, 0.05) is 12.6 Å². The fourth-order valence-corrected chi connectivity index (χ4v) is 2.90. The van der Waals surface area contributed by atoms with Crippen molar-refractivity contribution in [2.45, 2.75) is 32.7 Å². The minimum Gasteiger partial charge on any atom is -0.492 e. The first-order valence-electron chi connectivity index (χ1n) is 6.70. The number of methoxy groups -OCH3 is 1. The Kier molecular flexibility index (Phi) is 6.38. The first-order chi connectivity index (χ1) is 9.58. The number of carbonyl (C=O) groups is 1. The smallest absolute Gasteiger partial charge is 0.263 e. The van der Waals surface area contributed by atoms with E-state index in [-0.39, 0.29) is 5.91 Å². The van der Waals surface area contributed by atoms with Crippen LogP contribution in [0.15, 0.2) is 12.7 Å². The maximum atomic E-state index is 12.0. The second-order valence-corrected chi connectivity index (χ2v) is 5.38. The largest absolute Gasteiger partial charge is 0.492 e. The zero-order valence-electron chi connectivity index (χ0n) is 12.3. The SMILES string of the molecule is C=CCNC(=O)c1sc(NC(CC)CC)c(OC)c1N. The van der Waals surface area contributed by atoms with E-state index in [1.807, 2.05) is 0 Å². The number of nitrogens with two attached hydrogens (primary N) is 1. The first kappa shape index (κ1) is 16.4. The number of hydrogen-bond acceptors (Lipinski definition) is 5. The number of nitrogens with one attached hydrogen (secondary N) is 2. The molecule has 0 saturated heterocycles. The Morgan fingerprint density at radius 2 is 2.15 bits per heavy atom. The van der Waals surface area contributed by atoms with Gasteiger partial charge in [-0.1, -0.05) is 19.9 Å². The van der Waals surface area contributed by atoms with Crippen LogP contribution in [0, 0.1) is 0 Å². The number of rotatable bonds is 8. The molecule has 20 heavy (non-hydrogen) atoms. The van der Waals surface area contributed by atoms with Crippen molar-refractivity contribution < 1.29 is 9.53 Å². The third kappa shape index (κ3) is 3.66. The molecule has 1 aromatic heterocycles. The van der Waals surface area contributed by atoms with Crippen molar-refractivity contribution in [2.75, 3.05) is 24.7 Å². The van der Waals surface area contributed by atoms with Crippen LogP contribution in [0.3, 0.4) is 0 Å². The van der Waals surface area contributed by atoms with Gasteiger partial charge in [0.2, 0.25) is 0 Å². The van der Waals surface area contributed by atoms with Crippen molar-refractivity contribution in [3.63, 3.8) is 0 Å². The normalized spacial score (nSPS) is 10.4. The molecule has 0 spiro atoms. The van der Waals surface area contributed by atoms with Gasteiger partial charge in [-0.25, -0.2) is 0 Å². The Morgan fingerprint density at radius 1 is 1.50 bits per heavy atom. The summed E-state index contributed by atoms with van der Waals surface area (Å²) in [6.07, 6.45) is 3.62. The molecule has 5 nitrogen and oxygen atoms in total. The fourth-order valence-electron chi connectivity index (χ4n) is 1.82. The average molecular weight is 297 g/mol. The summed E-state index contributed by atoms with van der Waals surface area (Å²) in [7, 11) is 1.56. The second-order valence-electron chi connectivity index (χ2n) is 4.36. The molecule has 1 amide bonds. The maximum absolute atomic E-state index is 12.0. The summed E-state index contributed by atoms with van der Waals surface area (Å²) < 4.78 is 5.32. The Hall–Kier alpha value is -1.69. The van der Waals surface area contributed by atoms with Crippen LogP contribution in [0.2, 0.25) is 0 Å². The summed E-state index contributed by atoms with van der Waals surface area (Å²) in [5.41, 5.74) is 6.39. The predicted octanol–water partition coefficient (Wildman–Crippen LogP) is 2.86. The lowest BCUT2D eigenvalue weighted by Gasteiger charge is -2.15. The molecular formula is C14H23N3O2S. The van der Waals surface area contributed by atoms with Crippen LogP contribution < -0.4 is 21.1 Å². The van der Waals surface area contributed by atoms with Gasteiger partial charge in [-0.2, -0.15) is 0 Å². The molecule has 0 bridgehead atoms. The van der Waals surface area contributed by atoms with Crippen LogP contribution in [0.5, 0.6) is 5.75 Å². The van der Waals surface area contributed by atoms with Gasteiger partial charge in [-0.15, -0.1) is 17.9 Å². The van der Waals surface area contributed by atoms with Crippen LogP contribution in [0.1, 0.15) is 36.4 Å². The molecule has 6 heteroatoms. The maximum Gasteiger partial charge on any atom is 0.263 e. The van der Waals surface area contributed by atoms with E-state index in [2.05, 4.69) is 31.1 Å². The number of amides is 1. The molecule has 1 aromatic rings. The van der Waals surface area contributed by atoms with E-state index in [4.69, 9.17) is 10.5 Å². The minimum absolute atomic E-state index is 0.205. The number of thiophene rings is 1. The summed E-state index contributed by atoms with van der Waals surface area (Å²) in [4.78, 5) is 12.5. The van der Waals surface area contributed by atoms with Crippen LogP contribution in [-0.4, -0.2) is 25.6 Å². The highest BCUT2D eigenvalue weighted by atomic mass is 32.1. The molecule has 0 radical (unpaired) electrons. The zero-order valence-corrected chi connectivity index (χ0v) is 13.1. The van der Waals surface area contributed by atoms with E-state index in [1.54, 1.807) is 13.2 Å². The molecule has 0 aliphatic carbocycles. The Balaban J connectivity index is 3.01. The highest BCUT2D eigenvalue weighted by molar-refractivity contribution is 7.19. The van der Waals surface area contributed by atoms with Crippen LogP contribution in [0.25, 0.3) is 0 Å². The van der Waals surface area contributed by atoms with Gasteiger partial charge in [-0.05, 0) is 12.8 Å². The van der Waals surface area contributed by atoms with Crippen molar-refractivity contribution in [1.82, 2.24) is 5.32 Å². The third-order valence-electron chi connectivity index (χ3n) is 3.04. The molecular weight excluding hydrogens is 274 g/mol. The molecule has 0 aromatic carbocycles. The molecule has 0 fully saturated rings.